The summed E-state index contributed by atoms with van der Waals surface area (Å²) in [6.07, 6.45) is -4.51. The molecule has 0 amide bonds. The molecule has 4 aromatic rings. The summed E-state index contributed by atoms with van der Waals surface area (Å²) in [5, 5.41) is 0.392. The van der Waals surface area contributed by atoms with Gasteiger partial charge < -0.3 is 10.5 Å². The molecule has 0 atom stereocenters. The van der Waals surface area contributed by atoms with Gasteiger partial charge in [0.25, 0.3) is 10.0 Å². The van der Waals surface area contributed by atoms with E-state index < -0.39 is 21.8 Å². The van der Waals surface area contributed by atoms with Crippen LogP contribution in [0.4, 0.5) is 24.7 Å². The monoisotopic (exact) mass is 589 g/mol. The first-order chi connectivity index (χ1) is 18.6. The fraction of sp³-hybridized carbons (Fsp3) is 0.207. The number of benzene rings is 3. The van der Waals surface area contributed by atoms with Crippen LogP contribution in [0, 0.1) is 5.41 Å². The van der Waals surface area contributed by atoms with Crippen molar-refractivity contribution in [2.45, 2.75) is 31.8 Å². The zero-order chi connectivity index (χ0) is 29.3. The summed E-state index contributed by atoms with van der Waals surface area (Å²) in [5.74, 6) is 0.401. The third-order valence-corrected chi connectivity index (χ3v) is 7.36. The van der Waals surface area contributed by atoms with Crippen LogP contribution in [-0.4, -0.2) is 20.0 Å². The number of sulfonamides is 1. The van der Waals surface area contributed by atoms with Crippen molar-refractivity contribution in [2.75, 3.05) is 17.1 Å². The van der Waals surface area contributed by atoms with Crippen LogP contribution in [0.3, 0.4) is 0 Å². The Labute approximate surface area is 236 Å². The number of alkyl halides is 3. The van der Waals surface area contributed by atoms with Gasteiger partial charge in [0.05, 0.1) is 27.8 Å². The van der Waals surface area contributed by atoms with Gasteiger partial charge in [0.1, 0.15) is 11.6 Å². The van der Waals surface area contributed by atoms with Gasteiger partial charge in [-0.3, -0.25) is 4.72 Å². The lowest BCUT2D eigenvalue weighted by molar-refractivity contribution is -0.137. The average molecular weight is 590 g/mol. The minimum absolute atomic E-state index is 0.0285. The summed E-state index contributed by atoms with van der Waals surface area (Å²) < 4.78 is 74.0. The van der Waals surface area contributed by atoms with E-state index in [1.807, 2.05) is 20.8 Å². The molecule has 0 unspecified atom stereocenters. The van der Waals surface area contributed by atoms with E-state index in [0.29, 0.717) is 34.1 Å². The van der Waals surface area contributed by atoms with Crippen molar-refractivity contribution in [3.63, 3.8) is 0 Å². The van der Waals surface area contributed by atoms with Crippen LogP contribution in [0.2, 0.25) is 5.02 Å². The lowest BCUT2D eigenvalue weighted by Gasteiger charge is -2.20. The molecule has 210 valence electrons. The van der Waals surface area contributed by atoms with Crippen LogP contribution >= 0.6 is 11.6 Å². The summed E-state index contributed by atoms with van der Waals surface area (Å²) in [4.78, 5) is 4.44. The quantitative estimate of drug-likeness (QED) is 0.214. The second kappa shape index (κ2) is 11.0. The molecule has 6 nitrogen and oxygen atoms in total. The number of nitrogens with two attached hydrogens (primary N) is 1. The molecular weight excluding hydrogens is 563 g/mol. The van der Waals surface area contributed by atoms with Crippen molar-refractivity contribution in [3.8, 4) is 28.1 Å². The van der Waals surface area contributed by atoms with E-state index in [9.17, 15) is 21.6 Å². The molecule has 0 bridgehead atoms. The highest BCUT2D eigenvalue weighted by Crippen LogP contribution is 2.38. The van der Waals surface area contributed by atoms with E-state index in [1.165, 1.54) is 36.4 Å². The maximum absolute atomic E-state index is 13.2. The third kappa shape index (κ3) is 7.05. The number of nitrogens with zero attached hydrogens (tertiary/aromatic N) is 1. The molecule has 3 aromatic carbocycles. The number of anilines is 2. The Morgan fingerprint density at radius 1 is 0.925 bits per heavy atom. The van der Waals surface area contributed by atoms with Gasteiger partial charge in [-0.1, -0.05) is 56.6 Å². The average Bonchev–Trinajstić information content (AvgIpc) is 2.87. The summed E-state index contributed by atoms with van der Waals surface area (Å²) in [6.45, 7) is 6.44. The largest absolute Gasteiger partial charge is 0.491 e. The summed E-state index contributed by atoms with van der Waals surface area (Å²) in [5.41, 5.74) is 6.81. The van der Waals surface area contributed by atoms with Gasteiger partial charge in [0.2, 0.25) is 0 Å². The Kier molecular flexibility index (Phi) is 8.05. The molecule has 0 aliphatic rings. The van der Waals surface area contributed by atoms with Gasteiger partial charge >= 0.3 is 6.18 Å². The highest BCUT2D eigenvalue weighted by Gasteiger charge is 2.30. The van der Waals surface area contributed by atoms with Crippen molar-refractivity contribution in [1.82, 2.24) is 4.98 Å². The number of hydrogen-bond acceptors (Lipinski definition) is 5. The van der Waals surface area contributed by atoms with Crippen LogP contribution in [-0.2, 0) is 16.2 Å². The number of nitrogen functional groups attached to an aromatic ring is 1. The number of ether oxygens (including phenoxy) is 1. The number of rotatable bonds is 7. The van der Waals surface area contributed by atoms with Crippen molar-refractivity contribution in [1.29, 1.82) is 0 Å². The number of pyridine rings is 1. The summed E-state index contributed by atoms with van der Waals surface area (Å²) >= 11 is 6.36. The van der Waals surface area contributed by atoms with Gasteiger partial charge in [0.15, 0.2) is 0 Å². The standard InChI is InChI=1S/C29H27ClF3N3O3S/c1-28(2,3)17-39-25-15-19(9-13-24(25)30)23-12-14-26(36-40(37,38)22-6-4-5-21(34)16-22)35-27(23)18-7-10-20(11-8-18)29(31,32)33/h4-16H,17,34H2,1-3H3,(H,35,36). The fourth-order valence-corrected chi connectivity index (χ4v) is 4.97. The van der Waals surface area contributed by atoms with Gasteiger partial charge in [0, 0.05) is 16.8 Å². The molecule has 1 aromatic heterocycles. The van der Waals surface area contributed by atoms with Gasteiger partial charge in [-0.15, -0.1) is 0 Å². The maximum atomic E-state index is 13.2. The first-order valence-corrected chi connectivity index (χ1v) is 14.0. The SMILES string of the molecule is CC(C)(C)COc1cc(-c2ccc(NS(=O)(=O)c3cccc(N)c3)nc2-c2ccc(C(F)(F)F)cc2)ccc1Cl. The molecule has 1 heterocycles. The minimum Gasteiger partial charge on any atom is -0.491 e. The van der Waals surface area contributed by atoms with E-state index in [0.717, 1.165) is 12.1 Å². The number of nitrogens with one attached hydrogen (secondary N) is 1. The van der Waals surface area contributed by atoms with Gasteiger partial charge in [-0.05, 0) is 65.6 Å². The zero-order valence-electron chi connectivity index (χ0n) is 21.9. The first-order valence-electron chi connectivity index (χ1n) is 12.1. The van der Waals surface area contributed by atoms with E-state index >= 15 is 0 Å². The van der Waals surface area contributed by atoms with Crippen molar-refractivity contribution >= 4 is 33.1 Å². The zero-order valence-corrected chi connectivity index (χ0v) is 23.5. The molecule has 0 aliphatic carbocycles. The predicted octanol–water partition coefficient (Wildman–Crippen LogP) is 7.90. The first kappa shape index (κ1) is 29.2. The van der Waals surface area contributed by atoms with Crippen molar-refractivity contribution < 1.29 is 26.3 Å². The Morgan fingerprint density at radius 2 is 1.60 bits per heavy atom. The normalized spacial score (nSPS) is 12.3. The smallest absolute Gasteiger partial charge is 0.416 e. The molecule has 11 heteroatoms. The molecule has 4 rings (SSSR count). The molecular formula is C29H27ClF3N3O3S. The molecule has 0 aliphatic heterocycles. The number of halogens is 4. The lowest BCUT2D eigenvalue weighted by Crippen LogP contribution is -2.17. The van der Waals surface area contributed by atoms with E-state index in [-0.39, 0.29) is 27.5 Å². The summed E-state index contributed by atoms with van der Waals surface area (Å²) in [7, 11) is -4.05. The van der Waals surface area contributed by atoms with Crippen molar-refractivity contribution in [2.24, 2.45) is 5.41 Å². The van der Waals surface area contributed by atoms with Gasteiger partial charge in [-0.25, -0.2) is 13.4 Å². The van der Waals surface area contributed by atoms with E-state index in [4.69, 9.17) is 22.1 Å². The van der Waals surface area contributed by atoms with Crippen LogP contribution in [0.1, 0.15) is 26.3 Å². The topological polar surface area (TPSA) is 94.3 Å². The Balaban J connectivity index is 1.80. The van der Waals surface area contributed by atoms with E-state index in [2.05, 4.69) is 9.71 Å². The van der Waals surface area contributed by atoms with E-state index in [1.54, 1.807) is 30.3 Å². The molecule has 40 heavy (non-hydrogen) atoms. The number of hydrogen-bond donors (Lipinski definition) is 2. The molecule has 0 saturated carbocycles. The molecule has 0 radical (unpaired) electrons. The van der Waals surface area contributed by atoms with Crippen LogP contribution in [0.25, 0.3) is 22.4 Å². The molecule has 3 N–H and O–H groups in total. The highest BCUT2D eigenvalue weighted by atomic mass is 35.5. The lowest BCUT2D eigenvalue weighted by atomic mass is 9.97. The maximum Gasteiger partial charge on any atom is 0.416 e. The summed E-state index contributed by atoms with van der Waals surface area (Å²) in [6, 6.07) is 18.4. The Bertz CT molecular complexity index is 1640. The number of aromatic nitrogens is 1. The van der Waals surface area contributed by atoms with Crippen molar-refractivity contribution in [3.05, 3.63) is 89.4 Å². The van der Waals surface area contributed by atoms with Gasteiger partial charge in [-0.2, -0.15) is 13.2 Å². The minimum atomic E-state index is -4.51. The third-order valence-electron chi connectivity index (χ3n) is 5.69. The molecule has 0 spiro atoms. The molecule has 0 fully saturated rings. The fourth-order valence-electron chi connectivity index (χ4n) is 3.74. The second-order valence-corrected chi connectivity index (χ2v) is 12.4. The second-order valence-electron chi connectivity index (χ2n) is 10.3. The van der Waals surface area contributed by atoms with Crippen LogP contribution < -0.4 is 15.2 Å². The molecule has 0 saturated heterocycles. The Hall–Kier alpha value is -3.76. The van der Waals surface area contributed by atoms with Crippen LogP contribution in [0.5, 0.6) is 5.75 Å². The van der Waals surface area contributed by atoms with Crippen LogP contribution in [0.15, 0.2) is 83.8 Å². The Morgan fingerprint density at radius 3 is 2.23 bits per heavy atom. The highest BCUT2D eigenvalue weighted by molar-refractivity contribution is 7.92. The predicted molar refractivity (Wildman–Crippen MR) is 152 cm³/mol.